The summed E-state index contributed by atoms with van der Waals surface area (Å²) in [6.07, 6.45) is 0. The molecule has 0 unspecified atom stereocenters. The molecule has 0 fully saturated rings. The minimum absolute atomic E-state index is 0.0858. The van der Waals surface area contributed by atoms with Gasteiger partial charge < -0.3 is 10.8 Å². The predicted octanol–water partition coefficient (Wildman–Crippen LogP) is 0.149. The van der Waals surface area contributed by atoms with Crippen molar-refractivity contribution in [2.75, 3.05) is 13.1 Å². The topological polar surface area (TPSA) is 118 Å². The second-order valence-electron chi connectivity index (χ2n) is 3.71. The van der Waals surface area contributed by atoms with Crippen molar-refractivity contribution < 1.29 is 27.5 Å². The Morgan fingerprint density at radius 3 is 2.40 bits per heavy atom. The largest absolute Gasteiger partial charge is 0.480 e. The number of rotatable bonds is 6. The Balaban J connectivity index is 3.28. The fourth-order valence-electron chi connectivity index (χ4n) is 1.37. The highest BCUT2D eigenvalue weighted by molar-refractivity contribution is 9.10. The van der Waals surface area contributed by atoms with Crippen LogP contribution in [-0.2, 0) is 19.6 Å². The first-order valence-corrected chi connectivity index (χ1v) is 7.33. The molecule has 1 aromatic rings. The Hall–Kier alpha value is -1.52. The average molecular weight is 369 g/mol. The Morgan fingerprint density at radius 2 is 1.95 bits per heavy atom. The maximum atomic E-state index is 13.0. The van der Waals surface area contributed by atoms with E-state index in [1.165, 1.54) is 0 Å². The number of amides is 1. The van der Waals surface area contributed by atoms with Crippen LogP contribution in [0.5, 0.6) is 0 Å². The lowest BCUT2D eigenvalue weighted by molar-refractivity contribution is -0.137. The number of carboxylic acid groups (broad SMARTS) is 1. The normalized spacial score (nSPS) is 11.6. The summed E-state index contributed by atoms with van der Waals surface area (Å²) in [4.78, 5) is 21.2. The molecule has 7 nitrogen and oxygen atoms in total. The zero-order valence-electron chi connectivity index (χ0n) is 9.92. The van der Waals surface area contributed by atoms with Gasteiger partial charge in [0, 0.05) is 4.47 Å². The van der Waals surface area contributed by atoms with Gasteiger partial charge in [-0.2, -0.15) is 4.31 Å². The number of carboxylic acids is 1. The molecule has 0 aliphatic carbocycles. The van der Waals surface area contributed by atoms with Gasteiger partial charge in [-0.1, -0.05) is 0 Å². The van der Waals surface area contributed by atoms with Gasteiger partial charge in [-0.05, 0) is 34.1 Å². The van der Waals surface area contributed by atoms with Crippen LogP contribution in [0.4, 0.5) is 4.39 Å². The van der Waals surface area contributed by atoms with E-state index < -0.39 is 40.8 Å². The quantitative estimate of drug-likeness (QED) is 0.740. The summed E-state index contributed by atoms with van der Waals surface area (Å²) in [5.74, 6) is -3.13. The number of sulfonamides is 1. The van der Waals surface area contributed by atoms with Crippen LogP contribution in [0, 0.1) is 5.82 Å². The van der Waals surface area contributed by atoms with Crippen molar-refractivity contribution in [1.29, 1.82) is 0 Å². The minimum Gasteiger partial charge on any atom is -0.480 e. The first kappa shape index (κ1) is 16.5. The van der Waals surface area contributed by atoms with Crippen molar-refractivity contribution in [3.63, 3.8) is 0 Å². The number of carbonyl (C=O) groups is 2. The molecule has 0 aliphatic rings. The van der Waals surface area contributed by atoms with E-state index in [4.69, 9.17) is 10.8 Å². The van der Waals surface area contributed by atoms with Crippen LogP contribution >= 0.6 is 15.9 Å². The van der Waals surface area contributed by atoms with E-state index in [1.807, 2.05) is 0 Å². The van der Waals surface area contributed by atoms with E-state index in [2.05, 4.69) is 15.9 Å². The fraction of sp³-hybridized carbons (Fsp3) is 0.200. The van der Waals surface area contributed by atoms with Crippen molar-refractivity contribution in [2.45, 2.75) is 4.90 Å². The van der Waals surface area contributed by atoms with E-state index in [9.17, 15) is 22.4 Å². The Kier molecular flexibility index (Phi) is 5.20. The SMILES string of the molecule is NC(=O)CN(CC(=O)O)S(=O)(=O)c1ccc(F)cc1Br. The zero-order chi connectivity index (χ0) is 15.5. The fourth-order valence-corrected chi connectivity index (χ4v) is 3.74. The molecule has 20 heavy (non-hydrogen) atoms. The van der Waals surface area contributed by atoms with Gasteiger partial charge in [-0.25, -0.2) is 12.8 Å². The molecule has 110 valence electrons. The molecule has 0 heterocycles. The third-order valence-electron chi connectivity index (χ3n) is 2.16. The number of hydrogen-bond acceptors (Lipinski definition) is 4. The van der Waals surface area contributed by atoms with E-state index in [1.54, 1.807) is 0 Å². The van der Waals surface area contributed by atoms with E-state index in [0.717, 1.165) is 18.2 Å². The Morgan fingerprint density at radius 1 is 1.35 bits per heavy atom. The summed E-state index contributed by atoms with van der Waals surface area (Å²) in [5, 5.41) is 8.69. The second-order valence-corrected chi connectivity index (χ2v) is 6.47. The molecular weight excluding hydrogens is 359 g/mol. The molecule has 0 spiro atoms. The number of nitrogens with two attached hydrogens (primary N) is 1. The number of carbonyl (C=O) groups excluding carboxylic acids is 1. The highest BCUT2D eigenvalue weighted by Crippen LogP contribution is 2.25. The first-order valence-electron chi connectivity index (χ1n) is 5.10. The van der Waals surface area contributed by atoms with Crippen LogP contribution in [0.15, 0.2) is 27.6 Å². The molecule has 3 N–H and O–H groups in total. The monoisotopic (exact) mass is 368 g/mol. The molecule has 1 rings (SSSR count). The Bertz CT molecular complexity index is 633. The van der Waals surface area contributed by atoms with Gasteiger partial charge in [0.2, 0.25) is 15.9 Å². The van der Waals surface area contributed by atoms with E-state index >= 15 is 0 Å². The number of hydrogen-bond donors (Lipinski definition) is 2. The summed E-state index contributed by atoms with van der Waals surface area (Å²) < 4.78 is 37.7. The number of benzene rings is 1. The molecule has 0 saturated carbocycles. The number of halogens is 2. The van der Waals surface area contributed by atoms with Crippen molar-refractivity contribution in [1.82, 2.24) is 4.31 Å². The van der Waals surface area contributed by atoms with Crippen LogP contribution in [0.2, 0.25) is 0 Å². The summed E-state index contributed by atoms with van der Waals surface area (Å²) in [5.41, 5.74) is 4.90. The lowest BCUT2D eigenvalue weighted by atomic mass is 10.3. The number of primary amides is 1. The molecule has 0 radical (unpaired) electrons. The van der Waals surface area contributed by atoms with Gasteiger partial charge in [0.05, 0.1) is 11.4 Å². The van der Waals surface area contributed by atoms with Crippen molar-refractivity contribution >= 4 is 37.8 Å². The van der Waals surface area contributed by atoms with Crippen molar-refractivity contribution in [3.8, 4) is 0 Å². The number of nitrogens with zero attached hydrogens (tertiary/aromatic N) is 1. The number of aliphatic carboxylic acids is 1. The lowest BCUT2D eigenvalue weighted by Crippen LogP contribution is -2.41. The van der Waals surface area contributed by atoms with Crippen molar-refractivity contribution in [3.05, 3.63) is 28.5 Å². The molecule has 10 heteroatoms. The van der Waals surface area contributed by atoms with Crippen LogP contribution in [0.3, 0.4) is 0 Å². The van der Waals surface area contributed by atoms with Crippen LogP contribution in [-0.4, -0.2) is 42.8 Å². The first-order chi connectivity index (χ1) is 9.14. The molecule has 0 aliphatic heterocycles. The standard InChI is InChI=1S/C10H10BrFN2O5S/c11-7-3-6(12)1-2-8(7)20(18,19)14(4-9(13)15)5-10(16)17/h1-3H,4-5H2,(H2,13,15)(H,16,17). The third kappa shape index (κ3) is 3.99. The van der Waals surface area contributed by atoms with Gasteiger partial charge in [-0.3, -0.25) is 9.59 Å². The molecule has 0 aromatic heterocycles. The Labute approximate surface area is 122 Å². The highest BCUT2D eigenvalue weighted by Gasteiger charge is 2.29. The molecule has 1 aromatic carbocycles. The zero-order valence-corrected chi connectivity index (χ0v) is 12.3. The maximum Gasteiger partial charge on any atom is 0.318 e. The average Bonchev–Trinajstić information content (AvgIpc) is 2.26. The molecule has 0 saturated heterocycles. The van der Waals surface area contributed by atoms with Gasteiger partial charge in [0.15, 0.2) is 0 Å². The summed E-state index contributed by atoms with van der Waals surface area (Å²) in [6, 6.07) is 2.78. The van der Waals surface area contributed by atoms with Gasteiger partial charge in [0.25, 0.3) is 0 Å². The molecule has 0 bridgehead atoms. The van der Waals surface area contributed by atoms with E-state index in [0.29, 0.717) is 4.31 Å². The van der Waals surface area contributed by atoms with E-state index in [-0.39, 0.29) is 9.37 Å². The van der Waals surface area contributed by atoms with Gasteiger partial charge in [0.1, 0.15) is 12.4 Å². The maximum absolute atomic E-state index is 13.0. The molecule has 1 amide bonds. The summed E-state index contributed by atoms with van der Waals surface area (Å²) >= 11 is 2.87. The van der Waals surface area contributed by atoms with Gasteiger partial charge >= 0.3 is 5.97 Å². The predicted molar refractivity (Wildman–Crippen MR) is 69.7 cm³/mol. The van der Waals surface area contributed by atoms with Gasteiger partial charge in [-0.15, -0.1) is 0 Å². The summed E-state index contributed by atoms with van der Waals surface area (Å²) in [6.45, 7) is -1.73. The van der Waals surface area contributed by atoms with Crippen molar-refractivity contribution in [2.24, 2.45) is 5.73 Å². The van der Waals surface area contributed by atoms with Crippen LogP contribution < -0.4 is 5.73 Å². The smallest absolute Gasteiger partial charge is 0.318 e. The minimum atomic E-state index is -4.30. The second kappa shape index (κ2) is 6.29. The lowest BCUT2D eigenvalue weighted by Gasteiger charge is -2.19. The van der Waals surface area contributed by atoms with Crippen LogP contribution in [0.1, 0.15) is 0 Å². The third-order valence-corrected chi connectivity index (χ3v) is 4.92. The summed E-state index contributed by atoms with van der Waals surface area (Å²) in [7, 11) is -4.30. The molecular formula is C10H10BrFN2O5S. The van der Waals surface area contributed by atoms with Crippen LogP contribution in [0.25, 0.3) is 0 Å². The highest BCUT2D eigenvalue weighted by atomic mass is 79.9. The molecule has 0 atom stereocenters.